The molecule has 1 aliphatic carbocycles. The third kappa shape index (κ3) is 19.4. The Morgan fingerprint density at radius 3 is 2.03 bits per heavy atom. The van der Waals surface area contributed by atoms with E-state index >= 15 is 0 Å². The summed E-state index contributed by atoms with van der Waals surface area (Å²) in [6, 6.07) is 32.7. The maximum absolute atomic E-state index is 14.0. The molecule has 3 fully saturated rings. The van der Waals surface area contributed by atoms with Gasteiger partial charge in [0.15, 0.2) is 5.13 Å². The molecule has 4 heterocycles. The van der Waals surface area contributed by atoms with Gasteiger partial charge >= 0.3 is 18.3 Å². The van der Waals surface area contributed by atoms with Gasteiger partial charge < -0.3 is 48.5 Å². The van der Waals surface area contributed by atoms with Crippen LogP contribution in [0.25, 0.3) is 11.1 Å². The molecule has 1 spiro atoms. The van der Waals surface area contributed by atoms with Crippen molar-refractivity contribution in [3.8, 4) is 11.1 Å². The van der Waals surface area contributed by atoms with Gasteiger partial charge in [0.1, 0.15) is 35.7 Å². The van der Waals surface area contributed by atoms with Crippen molar-refractivity contribution >= 4 is 46.1 Å². The standard InChI is InChI=1S/C38H40F7N3O4.C38H53N5O4S/c1-3-46(2)33(49)22-51-32-20-25-6-4-5-7-31(25)35(32)12-15-47(16-13-35)17-14-36(27-8-10-30(39)11-9-27)23-48(24-52-36)34(50)26-18-28(37(40,41)42)21-29(19-26)38(43,44)45;1-6-22-41(4)37(46)36-29(2)39-38(48-36)42(5)23-14-8-11-19-34(44)40(3)26-27-43-24-20-32(21-25-43)47-35(45)28-31-17-12-13-18-33(31)30-15-9-7-10-16-30/h4-11,18-19,21,32H,3,12-17,20,22-24H2,1-2H3;7,9-10,12-13,15-18,32H,6,8,11,14,19-28H2,1-5H3/t32-,36-;/m0./s1. The van der Waals surface area contributed by atoms with Crippen molar-refractivity contribution in [2.24, 2.45) is 0 Å². The zero-order valence-corrected chi connectivity index (χ0v) is 59.1. The van der Waals surface area contributed by atoms with E-state index in [0.29, 0.717) is 74.6 Å². The number of rotatable bonds is 26. The number of hydrogen-bond acceptors (Lipinski definition) is 13. The van der Waals surface area contributed by atoms with Crippen molar-refractivity contribution in [3.63, 3.8) is 0 Å². The van der Waals surface area contributed by atoms with Crippen molar-refractivity contribution in [3.05, 3.63) is 177 Å². The summed E-state index contributed by atoms with van der Waals surface area (Å²) in [7, 11) is 7.48. The van der Waals surface area contributed by atoms with Gasteiger partial charge in [-0.25, -0.2) is 9.37 Å². The van der Waals surface area contributed by atoms with Crippen LogP contribution in [0.4, 0.5) is 35.9 Å². The molecule has 4 amide bonds. The highest BCUT2D eigenvalue weighted by Crippen LogP contribution is 2.49. The first-order chi connectivity index (χ1) is 47.7. The van der Waals surface area contributed by atoms with E-state index in [1.54, 1.807) is 16.8 Å². The maximum Gasteiger partial charge on any atom is 0.416 e. The lowest BCUT2D eigenvalue weighted by molar-refractivity contribution is -0.150. The predicted octanol–water partition coefficient (Wildman–Crippen LogP) is 13.3. The minimum absolute atomic E-state index is 0.0147. The molecule has 3 aliphatic heterocycles. The number of amides is 4. The Kier molecular flexibility index (Phi) is 26.2. The van der Waals surface area contributed by atoms with Crippen LogP contribution in [0.5, 0.6) is 0 Å². The van der Waals surface area contributed by atoms with Crippen LogP contribution in [-0.2, 0) is 64.8 Å². The number of anilines is 1. The molecule has 6 aromatic rings. The molecule has 0 unspecified atom stereocenters. The molecule has 0 saturated carbocycles. The minimum atomic E-state index is -5.11. The van der Waals surface area contributed by atoms with E-state index in [1.165, 1.54) is 46.7 Å². The van der Waals surface area contributed by atoms with E-state index in [9.17, 15) is 54.7 Å². The number of halogens is 7. The van der Waals surface area contributed by atoms with E-state index in [1.807, 2.05) is 88.4 Å². The van der Waals surface area contributed by atoms with Gasteiger partial charge in [-0.15, -0.1) is 0 Å². The van der Waals surface area contributed by atoms with Crippen molar-refractivity contribution in [2.75, 3.05) is 118 Å². The van der Waals surface area contributed by atoms with Crippen LogP contribution in [0.2, 0.25) is 0 Å². The second-order valence-electron chi connectivity index (χ2n) is 26.8. The molecular formula is C76H93F7N8O8S. The molecule has 100 heavy (non-hydrogen) atoms. The Morgan fingerprint density at radius 1 is 0.710 bits per heavy atom. The lowest BCUT2D eigenvalue weighted by Crippen LogP contribution is -2.49. The number of fused-ring (bicyclic) bond motifs is 2. The van der Waals surface area contributed by atoms with E-state index < -0.39 is 53.1 Å². The number of nitrogens with zero attached hydrogens (tertiary/aromatic N) is 8. The number of likely N-dealkylation sites (N-methyl/N-ethyl adjacent to an activating group) is 2. The number of ether oxygens (including phenoxy) is 3. The van der Waals surface area contributed by atoms with Crippen molar-refractivity contribution < 1.29 is 68.9 Å². The third-order valence-electron chi connectivity index (χ3n) is 19.9. The van der Waals surface area contributed by atoms with Crippen molar-refractivity contribution in [1.29, 1.82) is 0 Å². The molecular weight excluding hydrogens is 1320 g/mol. The number of piperidine rings is 2. The van der Waals surface area contributed by atoms with Crippen LogP contribution in [0.1, 0.15) is 137 Å². The number of aryl methyl sites for hydroxylation is 1. The van der Waals surface area contributed by atoms with E-state index in [4.69, 9.17) is 14.2 Å². The van der Waals surface area contributed by atoms with Gasteiger partial charge in [0, 0.05) is 97.9 Å². The second kappa shape index (κ2) is 34.3. The summed E-state index contributed by atoms with van der Waals surface area (Å²) in [5, 5.41) is 0.864. The monoisotopic (exact) mass is 1410 g/mol. The Hall–Kier alpha value is -7.77. The van der Waals surface area contributed by atoms with Gasteiger partial charge in [-0.3, -0.25) is 24.0 Å². The first kappa shape index (κ1) is 76.4. The number of hydrogen-bond donors (Lipinski definition) is 0. The quantitative estimate of drug-likeness (QED) is 0.0289. The highest BCUT2D eigenvalue weighted by molar-refractivity contribution is 7.17. The molecule has 0 bridgehead atoms. The van der Waals surface area contributed by atoms with Gasteiger partial charge in [0.2, 0.25) is 11.8 Å². The van der Waals surface area contributed by atoms with Crippen LogP contribution >= 0.6 is 11.3 Å². The van der Waals surface area contributed by atoms with Gasteiger partial charge in [-0.2, -0.15) is 26.3 Å². The summed E-state index contributed by atoms with van der Waals surface area (Å²) < 4.78 is 114. The normalized spacial score (nSPS) is 17.9. The Morgan fingerprint density at radius 2 is 1.36 bits per heavy atom. The number of unbranched alkanes of at least 4 members (excludes halogenated alkanes) is 2. The molecule has 16 nitrogen and oxygen atoms in total. The van der Waals surface area contributed by atoms with Crippen molar-refractivity contribution in [1.82, 2.24) is 34.4 Å². The number of carbonyl (C=O) groups excluding carboxylic acids is 5. The van der Waals surface area contributed by atoms with Gasteiger partial charge in [-0.1, -0.05) is 116 Å². The number of alkyl halides is 6. The number of aromatic nitrogens is 1. The highest BCUT2D eigenvalue weighted by Gasteiger charge is 2.50. The SMILES string of the molecule is CCCN(C)C(=O)c1sc(N(C)CCCCCC(=O)N(C)CCN2CCC(OC(=O)Cc3ccccc3-c3ccccc3)CC2)nc1C.CCN(C)C(=O)CO[C@H]1Cc2ccccc2C12CCN(CC[C@@]1(c3ccc(F)cc3)CN(C(=O)c3cc(C(F)(F)F)cc(C(F)(F)F)c3)CO1)CC2. The molecule has 540 valence electrons. The number of thiazole rings is 1. The number of carbonyl (C=O) groups is 5. The molecule has 0 N–H and O–H groups in total. The fraction of sp³-hybridized carbons (Fsp3) is 0.500. The molecule has 0 radical (unpaired) electrons. The Balaban J connectivity index is 0.000000234. The highest BCUT2D eigenvalue weighted by atomic mass is 32.1. The fourth-order valence-corrected chi connectivity index (χ4v) is 14.9. The number of esters is 1. The summed E-state index contributed by atoms with van der Waals surface area (Å²) in [4.78, 5) is 82.8. The second-order valence-corrected chi connectivity index (χ2v) is 27.8. The van der Waals surface area contributed by atoms with Gasteiger partial charge in [0.05, 0.1) is 35.9 Å². The number of likely N-dealkylation sites (tertiary alicyclic amines) is 2. The first-order valence-corrected chi connectivity index (χ1v) is 35.4. The minimum Gasteiger partial charge on any atom is -0.462 e. The zero-order valence-electron chi connectivity index (χ0n) is 58.3. The predicted molar refractivity (Wildman–Crippen MR) is 371 cm³/mol. The molecule has 2 atom stereocenters. The van der Waals surface area contributed by atoms with Gasteiger partial charge in [0.25, 0.3) is 11.8 Å². The third-order valence-corrected chi connectivity index (χ3v) is 21.2. The summed E-state index contributed by atoms with van der Waals surface area (Å²) in [5.41, 5.74) is 1.44. The van der Waals surface area contributed by atoms with E-state index in [0.717, 1.165) is 117 Å². The van der Waals surface area contributed by atoms with Crippen molar-refractivity contribution in [2.45, 2.75) is 133 Å². The largest absolute Gasteiger partial charge is 0.462 e. The molecule has 10 rings (SSSR count). The summed E-state index contributed by atoms with van der Waals surface area (Å²) >= 11 is 1.46. The lowest BCUT2D eigenvalue weighted by Gasteiger charge is -2.44. The lowest BCUT2D eigenvalue weighted by atomic mass is 9.72. The maximum atomic E-state index is 14.0. The first-order valence-electron chi connectivity index (χ1n) is 34.6. The van der Waals surface area contributed by atoms with Crippen LogP contribution in [0.3, 0.4) is 0 Å². The van der Waals surface area contributed by atoms with Crippen LogP contribution in [-0.4, -0.2) is 190 Å². The molecule has 5 aromatic carbocycles. The average Bonchev–Trinajstić information content (AvgIpc) is 1.59. The van der Waals surface area contributed by atoms with Gasteiger partial charge in [-0.05, 0) is 148 Å². The van der Waals surface area contributed by atoms with E-state index in [2.05, 4.69) is 56.9 Å². The molecule has 24 heteroatoms. The summed E-state index contributed by atoms with van der Waals surface area (Å²) in [6.07, 6.45) is -1.83. The molecule has 4 aliphatic rings. The van der Waals surface area contributed by atoms with Crippen LogP contribution in [0, 0.1) is 12.7 Å². The summed E-state index contributed by atoms with van der Waals surface area (Å²) in [6.45, 7) is 12.5. The zero-order chi connectivity index (χ0) is 71.9. The van der Waals surface area contributed by atoms with E-state index in [-0.39, 0.29) is 67.0 Å². The van der Waals surface area contributed by atoms with Crippen LogP contribution in [0.15, 0.2) is 121 Å². The Bertz CT molecular complexity index is 3700. The molecule has 3 saturated heterocycles. The van der Waals surface area contributed by atoms with Crippen LogP contribution < -0.4 is 4.90 Å². The summed E-state index contributed by atoms with van der Waals surface area (Å²) in [5.74, 6) is -1.60. The topological polar surface area (TPSA) is 149 Å². The average molecular weight is 1410 g/mol. The smallest absolute Gasteiger partial charge is 0.416 e. The number of benzene rings is 5. The molecule has 1 aromatic heterocycles. The fourth-order valence-electron chi connectivity index (χ4n) is 13.8. The Labute approximate surface area is 586 Å².